The van der Waals surface area contributed by atoms with Crippen LogP contribution in [0.25, 0.3) is 22.1 Å². The molecule has 0 aliphatic heterocycles. The van der Waals surface area contributed by atoms with Crippen LogP contribution in [0.2, 0.25) is 0 Å². The highest BCUT2D eigenvalue weighted by molar-refractivity contribution is 7.10. The van der Waals surface area contributed by atoms with E-state index in [1.807, 2.05) is 31.3 Å². The second-order valence-electron chi connectivity index (χ2n) is 5.99. The van der Waals surface area contributed by atoms with Crippen molar-refractivity contribution in [3.05, 3.63) is 62.3 Å². The van der Waals surface area contributed by atoms with Crippen molar-refractivity contribution < 1.29 is 4.42 Å². The van der Waals surface area contributed by atoms with Gasteiger partial charge in [-0.15, -0.1) is 11.3 Å². The molecular weight excluding hydrogens is 322 g/mol. The summed E-state index contributed by atoms with van der Waals surface area (Å²) in [4.78, 5) is 23.3. The van der Waals surface area contributed by atoms with Gasteiger partial charge in [-0.3, -0.25) is 9.69 Å². The van der Waals surface area contributed by atoms with E-state index < -0.39 is 0 Å². The SMILES string of the molecule is Cc1ccsc1CN(C)Cc1nc2c(oc3ccccc32)c(=O)[nH]1. The van der Waals surface area contributed by atoms with Crippen LogP contribution in [0.4, 0.5) is 0 Å². The molecule has 0 radical (unpaired) electrons. The smallest absolute Gasteiger partial charge is 0.294 e. The average Bonchev–Trinajstić information content (AvgIpc) is 3.12. The van der Waals surface area contributed by atoms with Crippen molar-refractivity contribution in [1.29, 1.82) is 0 Å². The highest BCUT2D eigenvalue weighted by Crippen LogP contribution is 2.24. The van der Waals surface area contributed by atoms with Gasteiger partial charge >= 0.3 is 0 Å². The molecule has 0 atom stereocenters. The lowest BCUT2D eigenvalue weighted by atomic mass is 10.2. The summed E-state index contributed by atoms with van der Waals surface area (Å²) >= 11 is 1.75. The van der Waals surface area contributed by atoms with Gasteiger partial charge in [0, 0.05) is 16.8 Å². The molecule has 4 aromatic rings. The number of aromatic amines is 1. The number of thiophene rings is 1. The van der Waals surface area contributed by atoms with Crippen molar-refractivity contribution in [1.82, 2.24) is 14.9 Å². The minimum absolute atomic E-state index is 0.230. The Kier molecular flexibility index (Phi) is 3.70. The number of benzene rings is 1. The first-order valence-electron chi connectivity index (χ1n) is 7.74. The minimum atomic E-state index is -0.230. The molecule has 4 rings (SSSR count). The standard InChI is InChI=1S/C18H17N3O2S/c1-11-7-8-24-14(11)9-21(2)10-15-19-16-12-5-3-4-6-13(12)23-17(16)18(22)20-15/h3-8H,9-10H2,1-2H3,(H,19,20,22). The normalized spacial score (nSPS) is 11.8. The van der Waals surface area contributed by atoms with E-state index in [2.05, 4.69) is 33.2 Å². The van der Waals surface area contributed by atoms with Gasteiger partial charge in [0.1, 0.15) is 16.9 Å². The number of rotatable bonds is 4. The van der Waals surface area contributed by atoms with Gasteiger partial charge in [-0.2, -0.15) is 0 Å². The monoisotopic (exact) mass is 339 g/mol. The third-order valence-electron chi connectivity index (χ3n) is 4.08. The van der Waals surface area contributed by atoms with E-state index in [1.54, 1.807) is 11.3 Å². The predicted molar refractivity (Wildman–Crippen MR) is 96.4 cm³/mol. The molecule has 0 spiro atoms. The Morgan fingerprint density at radius 2 is 2.08 bits per heavy atom. The van der Waals surface area contributed by atoms with Crippen LogP contribution >= 0.6 is 11.3 Å². The van der Waals surface area contributed by atoms with Crippen molar-refractivity contribution in [2.75, 3.05) is 7.05 Å². The molecule has 0 amide bonds. The summed E-state index contributed by atoms with van der Waals surface area (Å²) in [5.41, 5.74) is 2.67. The zero-order chi connectivity index (χ0) is 16.7. The highest BCUT2D eigenvalue weighted by Gasteiger charge is 2.14. The Labute approximate surface area is 142 Å². The largest absolute Gasteiger partial charge is 0.449 e. The van der Waals surface area contributed by atoms with Gasteiger partial charge in [-0.25, -0.2) is 4.98 Å². The van der Waals surface area contributed by atoms with Crippen LogP contribution in [0.15, 0.2) is 44.9 Å². The van der Waals surface area contributed by atoms with Crippen LogP contribution in [0.5, 0.6) is 0 Å². The van der Waals surface area contributed by atoms with Crippen LogP contribution < -0.4 is 5.56 Å². The van der Waals surface area contributed by atoms with E-state index in [9.17, 15) is 4.79 Å². The van der Waals surface area contributed by atoms with Crippen LogP contribution in [0, 0.1) is 6.92 Å². The number of hydrogen-bond donors (Lipinski definition) is 1. The summed E-state index contributed by atoms with van der Waals surface area (Å²) in [5.74, 6) is 0.649. The third-order valence-corrected chi connectivity index (χ3v) is 5.09. The number of aryl methyl sites for hydroxylation is 1. The predicted octanol–water partition coefficient (Wildman–Crippen LogP) is 3.67. The van der Waals surface area contributed by atoms with Crippen LogP contribution in [0.1, 0.15) is 16.3 Å². The highest BCUT2D eigenvalue weighted by atomic mass is 32.1. The van der Waals surface area contributed by atoms with Crippen molar-refractivity contribution in [3.63, 3.8) is 0 Å². The summed E-state index contributed by atoms with van der Waals surface area (Å²) in [6.07, 6.45) is 0. The Hall–Kier alpha value is -2.44. The zero-order valence-corrected chi connectivity index (χ0v) is 14.3. The molecular formula is C18H17N3O2S. The molecule has 0 unspecified atom stereocenters. The third kappa shape index (κ3) is 2.64. The summed E-state index contributed by atoms with van der Waals surface area (Å²) < 4.78 is 5.63. The molecule has 5 nitrogen and oxygen atoms in total. The van der Waals surface area contributed by atoms with E-state index in [-0.39, 0.29) is 11.1 Å². The molecule has 1 aromatic carbocycles. The maximum Gasteiger partial charge on any atom is 0.294 e. The Morgan fingerprint density at radius 3 is 2.88 bits per heavy atom. The van der Waals surface area contributed by atoms with Crippen LogP contribution in [-0.2, 0) is 13.1 Å². The van der Waals surface area contributed by atoms with E-state index in [0.717, 1.165) is 11.9 Å². The molecule has 0 fully saturated rings. The summed E-state index contributed by atoms with van der Waals surface area (Å²) in [6, 6.07) is 9.71. The number of nitrogens with zero attached hydrogens (tertiary/aromatic N) is 2. The number of H-pyrrole nitrogens is 1. The van der Waals surface area contributed by atoms with Crippen molar-refractivity contribution in [2.24, 2.45) is 0 Å². The summed E-state index contributed by atoms with van der Waals surface area (Å²) in [7, 11) is 2.02. The fourth-order valence-electron chi connectivity index (χ4n) is 2.85. The van der Waals surface area contributed by atoms with Gasteiger partial charge in [0.05, 0.1) is 6.54 Å². The molecule has 0 bridgehead atoms. The van der Waals surface area contributed by atoms with Crippen molar-refractivity contribution in [2.45, 2.75) is 20.0 Å². The van der Waals surface area contributed by atoms with Crippen LogP contribution in [-0.4, -0.2) is 21.9 Å². The number of para-hydroxylation sites is 1. The lowest BCUT2D eigenvalue weighted by Gasteiger charge is -2.15. The lowest BCUT2D eigenvalue weighted by molar-refractivity contribution is 0.313. The molecule has 0 aliphatic carbocycles. The molecule has 24 heavy (non-hydrogen) atoms. The average molecular weight is 339 g/mol. The Bertz CT molecular complexity index is 1080. The van der Waals surface area contributed by atoms with E-state index in [0.29, 0.717) is 23.5 Å². The molecule has 0 aliphatic rings. The molecule has 122 valence electrons. The van der Waals surface area contributed by atoms with Crippen molar-refractivity contribution >= 4 is 33.4 Å². The van der Waals surface area contributed by atoms with Gasteiger partial charge in [-0.05, 0) is 43.1 Å². The molecule has 0 saturated heterocycles. The lowest BCUT2D eigenvalue weighted by Crippen LogP contribution is -2.21. The van der Waals surface area contributed by atoms with E-state index >= 15 is 0 Å². The first-order valence-corrected chi connectivity index (χ1v) is 8.62. The quantitative estimate of drug-likeness (QED) is 0.616. The fraction of sp³-hybridized carbons (Fsp3) is 0.222. The number of aromatic nitrogens is 2. The van der Waals surface area contributed by atoms with Crippen LogP contribution in [0.3, 0.4) is 0 Å². The number of hydrogen-bond acceptors (Lipinski definition) is 5. The fourth-order valence-corrected chi connectivity index (χ4v) is 3.83. The summed E-state index contributed by atoms with van der Waals surface area (Å²) in [5, 5.41) is 2.97. The molecule has 1 N–H and O–H groups in total. The second kappa shape index (κ2) is 5.89. The second-order valence-corrected chi connectivity index (χ2v) is 6.99. The number of nitrogens with one attached hydrogen (secondary N) is 1. The Balaban J connectivity index is 1.68. The summed E-state index contributed by atoms with van der Waals surface area (Å²) in [6.45, 7) is 3.52. The van der Waals surface area contributed by atoms with Gasteiger partial charge in [0.15, 0.2) is 0 Å². The minimum Gasteiger partial charge on any atom is -0.449 e. The number of furan rings is 1. The molecule has 0 saturated carbocycles. The van der Waals surface area contributed by atoms with Gasteiger partial charge < -0.3 is 9.40 Å². The van der Waals surface area contributed by atoms with Gasteiger partial charge in [-0.1, -0.05) is 12.1 Å². The number of fused-ring (bicyclic) bond motifs is 3. The first-order chi connectivity index (χ1) is 11.6. The maximum atomic E-state index is 12.3. The topological polar surface area (TPSA) is 62.1 Å². The molecule has 3 heterocycles. The maximum absolute atomic E-state index is 12.3. The molecule has 3 aromatic heterocycles. The van der Waals surface area contributed by atoms with Gasteiger partial charge in [0.2, 0.25) is 5.58 Å². The van der Waals surface area contributed by atoms with E-state index in [4.69, 9.17) is 4.42 Å². The zero-order valence-electron chi connectivity index (χ0n) is 13.5. The molecule has 6 heteroatoms. The van der Waals surface area contributed by atoms with Crippen molar-refractivity contribution in [3.8, 4) is 0 Å². The Morgan fingerprint density at radius 1 is 1.25 bits per heavy atom. The van der Waals surface area contributed by atoms with E-state index in [1.165, 1.54) is 10.4 Å². The van der Waals surface area contributed by atoms with Gasteiger partial charge in [0.25, 0.3) is 5.56 Å². The first kappa shape index (κ1) is 15.1.